The van der Waals surface area contributed by atoms with Crippen molar-refractivity contribution in [2.45, 2.75) is 6.17 Å². The van der Waals surface area contributed by atoms with Crippen molar-refractivity contribution in [3.8, 4) is 0 Å². The van der Waals surface area contributed by atoms with Crippen LogP contribution in [0.2, 0.25) is 0 Å². The number of amides is 1. The summed E-state index contributed by atoms with van der Waals surface area (Å²) in [6.07, 6.45) is 2.64. The lowest BCUT2D eigenvalue weighted by Crippen LogP contribution is -2.21. The van der Waals surface area contributed by atoms with Gasteiger partial charge in [0, 0.05) is 18.8 Å². The quantitative estimate of drug-likeness (QED) is 0.562. The van der Waals surface area contributed by atoms with E-state index in [9.17, 15) is 4.79 Å². The maximum Gasteiger partial charge on any atom is 0.250 e. The summed E-state index contributed by atoms with van der Waals surface area (Å²) in [4.78, 5) is 15.1. The van der Waals surface area contributed by atoms with Crippen LogP contribution in [0.5, 0.6) is 0 Å². The Hall–Kier alpha value is -1.82. The van der Waals surface area contributed by atoms with Gasteiger partial charge in [0.1, 0.15) is 12.0 Å². The van der Waals surface area contributed by atoms with E-state index in [2.05, 4.69) is 10.3 Å². The van der Waals surface area contributed by atoms with E-state index in [0.717, 1.165) is 5.82 Å². The molecule has 0 saturated heterocycles. The van der Waals surface area contributed by atoms with E-state index < -0.39 is 12.1 Å². The van der Waals surface area contributed by atoms with Crippen LogP contribution in [0.3, 0.4) is 0 Å². The van der Waals surface area contributed by atoms with Gasteiger partial charge in [0.2, 0.25) is 0 Å². The third-order valence-electron chi connectivity index (χ3n) is 2.22. The smallest absolute Gasteiger partial charge is 0.250 e. The van der Waals surface area contributed by atoms with E-state index in [0.29, 0.717) is 11.1 Å². The molecule has 1 unspecified atom stereocenters. The van der Waals surface area contributed by atoms with E-state index in [1.165, 1.54) is 6.34 Å². The monoisotopic (exact) mass is 193 g/mol. The number of aliphatic imine (C=N–C) groups is 1. The van der Waals surface area contributed by atoms with Gasteiger partial charge < -0.3 is 21.4 Å². The van der Waals surface area contributed by atoms with Crippen molar-refractivity contribution in [2.24, 2.45) is 23.5 Å². The van der Waals surface area contributed by atoms with Crippen molar-refractivity contribution in [2.75, 3.05) is 5.32 Å². The van der Waals surface area contributed by atoms with Gasteiger partial charge in [0.05, 0.1) is 11.9 Å². The fourth-order valence-electron chi connectivity index (χ4n) is 1.57. The number of primary amides is 1. The Bertz CT molecular complexity index is 420. The SMILES string of the molecule is Cn1cc(C(N)=O)c2c1NC=NC2N. The third kappa shape index (κ3) is 1.08. The average molecular weight is 193 g/mol. The molecule has 1 aromatic rings. The van der Waals surface area contributed by atoms with Crippen molar-refractivity contribution < 1.29 is 4.79 Å². The van der Waals surface area contributed by atoms with Crippen LogP contribution in [0, 0.1) is 0 Å². The lowest BCUT2D eigenvalue weighted by atomic mass is 10.1. The molecule has 74 valence electrons. The Morgan fingerprint density at radius 3 is 3.07 bits per heavy atom. The molecule has 1 aromatic heterocycles. The summed E-state index contributed by atoms with van der Waals surface area (Å²) in [5.41, 5.74) is 12.0. The molecule has 1 atom stereocenters. The molecule has 6 heteroatoms. The van der Waals surface area contributed by atoms with Crippen molar-refractivity contribution in [1.29, 1.82) is 0 Å². The zero-order chi connectivity index (χ0) is 10.3. The van der Waals surface area contributed by atoms with E-state index in [4.69, 9.17) is 11.5 Å². The van der Waals surface area contributed by atoms with Gasteiger partial charge in [0.15, 0.2) is 0 Å². The molecule has 0 bridgehead atoms. The molecule has 0 saturated carbocycles. The summed E-state index contributed by atoms with van der Waals surface area (Å²) >= 11 is 0. The molecule has 2 heterocycles. The Labute approximate surface area is 80.6 Å². The first-order valence-electron chi connectivity index (χ1n) is 4.14. The number of hydrogen-bond acceptors (Lipinski definition) is 4. The first kappa shape index (κ1) is 8.76. The molecule has 1 amide bonds. The summed E-state index contributed by atoms with van der Waals surface area (Å²) in [6.45, 7) is 0. The molecule has 0 aromatic carbocycles. The average Bonchev–Trinajstić information content (AvgIpc) is 2.46. The lowest BCUT2D eigenvalue weighted by Gasteiger charge is -2.15. The fraction of sp³-hybridized carbons (Fsp3) is 0.250. The minimum Gasteiger partial charge on any atom is -0.366 e. The number of nitrogens with one attached hydrogen (secondary N) is 1. The van der Waals surface area contributed by atoms with Gasteiger partial charge in [-0.15, -0.1) is 0 Å². The first-order valence-corrected chi connectivity index (χ1v) is 4.14. The molecule has 6 nitrogen and oxygen atoms in total. The summed E-state index contributed by atoms with van der Waals surface area (Å²) < 4.78 is 1.76. The number of rotatable bonds is 1. The molecule has 1 aliphatic heterocycles. The highest BCUT2D eigenvalue weighted by Gasteiger charge is 2.24. The Balaban J connectivity index is 2.62. The number of fused-ring (bicyclic) bond motifs is 1. The highest BCUT2D eigenvalue weighted by atomic mass is 16.1. The number of hydrogen-bond donors (Lipinski definition) is 3. The van der Waals surface area contributed by atoms with Crippen molar-refractivity contribution >= 4 is 18.1 Å². The summed E-state index contributed by atoms with van der Waals surface area (Å²) in [7, 11) is 1.81. The van der Waals surface area contributed by atoms with Crippen LogP contribution in [-0.4, -0.2) is 16.8 Å². The Kier molecular flexibility index (Phi) is 1.78. The third-order valence-corrected chi connectivity index (χ3v) is 2.22. The number of aryl methyl sites for hydroxylation is 1. The summed E-state index contributed by atoms with van der Waals surface area (Å²) in [5.74, 6) is 0.275. The molecule has 0 fully saturated rings. The van der Waals surface area contributed by atoms with Crippen LogP contribution < -0.4 is 16.8 Å². The van der Waals surface area contributed by atoms with Crippen molar-refractivity contribution in [3.05, 3.63) is 17.3 Å². The standard InChI is InChI=1S/C8H11N5O/c1-13-2-4(7(10)14)5-6(9)11-3-12-8(5)13/h2-3,6H,9H2,1H3,(H2,10,14)(H,11,12). The molecule has 1 aliphatic rings. The maximum absolute atomic E-state index is 11.1. The van der Waals surface area contributed by atoms with Gasteiger partial charge in [0.25, 0.3) is 5.91 Å². The van der Waals surface area contributed by atoms with Crippen LogP contribution in [0.15, 0.2) is 11.2 Å². The van der Waals surface area contributed by atoms with E-state index in [1.807, 2.05) is 7.05 Å². The largest absolute Gasteiger partial charge is 0.366 e. The number of nitrogens with two attached hydrogens (primary N) is 2. The topological polar surface area (TPSA) is 98.4 Å². The minimum absolute atomic E-state index is 0.416. The van der Waals surface area contributed by atoms with E-state index in [-0.39, 0.29) is 0 Å². The van der Waals surface area contributed by atoms with Gasteiger partial charge in [-0.3, -0.25) is 9.79 Å². The molecule has 5 N–H and O–H groups in total. The number of nitrogens with zero attached hydrogens (tertiary/aromatic N) is 2. The second-order valence-electron chi connectivity index (χ2n) is 3.15. The molecule has 0 radical (unpaired) electrons. The van der Waals surface area contributed by atoms with Crippen LogP contribution in [0.25, 0.3) is 0 Å². The van der Waals surface area contributed by atoms with E-state index >= 15 is 0 Å². The predicted molar refractivity (Wildman–Crippen MR) is 53.0 cm³/mol. The van der Waals surface area contributed by atoms with Crippen LogP contribution in [0.1, 0.15) is 22.1 Å². The number of anilines is 1. The summed E-state index contributed by atoms with van der Waals surface area (Å²) in [6, 6.07) is 0. The number of aromatic nitrogens is 1. The van der Waals surface area contributed by atoms with Crippen molar-refractivity contribution in [3.63, 3.8) is 0 Å². The fourth-order valence-corrected chi connectivity index (χ4v) is 1.57. The zero-order valence-electron chi connectivity index (χ0n) is 7.69. The van der Waals surface area contributed by atoms with Crippen LogP contribution in [-0.2, 0) is 7.05 Å². The zero-order valence-corrected chi connectivity index (χ0v) is 7.69. The Morgan fingerprint density at radius 2 is 2.43 bits per heavy atom. The van der Waals surface area contributed by atoms with Gasteiger partial charge >= 0.3 is 0 Å². The Morgan fingerprint density at radius 1 is 1.71 bits per heavy atom. The molecular weight excluding hydrogens is 182 g/mol. The summed E-state index contributed by atoms with van der Waals surface area (Å²) in [5, 5.41) is 2.92. The first-order chi connectivity index (χ1) is 6.61. The van der Waals surface area contributed by atoms with Gasteiger partial charge in [-0.2, -0.15) is 0 Å². The molecular formula is C8H11N5O. The second-order valence-corrected chi connectivity index (χ2v) is 3.15. The predicted octanol–water partition coefficient (Wildman–Crippen LogP) is -0.465. The van der Waals surface area contributed by atoms with Crippen LogP contribution >= 0.6 is 0 Å². The molecule has 14 heavy (non-hydrogen) atoms. The van der Waals surface area contributed by atoms with Gasteiger partial charge in [-0.25, -0.2) is 0 Å². The van der Waals surface area contributed by atoms with Gasteiger partial charge in [-0.1, -0.05) is 0 Å². The molecule has 0 aliphatic carbocycles. The highest BCUT2D eigenvalue weighted by molar-refractivity contribution is 5.97. The highest BCUT2D eigenvalue weighted by Crippen LogP contribution is 2.29. The van der Waals surface area contributed by atoms with Crippen LogP contribution in [0.4, 0.5) is 5.82 Å². The van der Waals surface area contributed by atoms with E-state index in [1.54, 1.807) is 10.8 Å². The number of carbonyl (C=O) groups excluding carboxylic acids is 1. The van der Waals surface area contributed by atoms with Crippen molar-refractivity contribution in [1.82, 2.24) is 4.57 Å². The second kappa shape index (κ2) is 2.85. The lowest BCUT2D eigenvalue weighted by molar-refractivity contribution is 0.0999. The normalized spacial score (nSPS) is 18.9. The minimum atomic E-state index is -0.519. The maximum atomic E-state index is 11.1. The molecule has 2 rings (SSSR count). The number of carbonyl (C=O) groups is 1. The van der Waals surface area contributed by atoms with Gasteiger partial charge in [-0.05, 0) is 0 Å². The molecule has 0 spiro atoms.